The molecule has 1 aromatic carbocycles. The molecule has 0 aliphatic carbocycles. The van der Waals surface area contributed by atoms with Gasteiger partial charge in [-0.2, -0.15) is 0 Å². The molecule has 6 heteroatoms. The Bertz CT molecular complexity index is 498. The molecule has 88 valence electrons. The Morgan fingerprint density at radius 2 is 2.24 bits per heavy atom. The molecular weight excluding hydrogens is 236 g/mol. The van der Waals surface area contributed by atoms with Gasteiger partial charge >= 0.3 is 0 Å². The second-order valence-corrected chi connectivity index (χ2v) is 4.12. The lowest BCUT2D eigenvalue weighted by Crippen LogP contribution is -2.06. The van der Waals surface area contributed by atoms with Crippen molar-refractivity contribution in [3.63, 3.8) is 0 Å². The quantitative estimate of drug-likeness (QED) is 0.869. The Balaban J connectivity index is 1.98. The van der Waals surface area contributed by atoms with Gasteiger partial charge in [-0.15, -0.1) is 5.10 Å². The number of aromatic nitrogens is 2. The minimum absolute atomic E-state index is 0.0779. The highest BCUT2D eigenvalue weighted by atomic mass is 32.1. The maximum atomic E-state index is 10.9. The summed E-state index contributed by atoms with van der Waals surface area (Å²) < 4.78 is 3.79. The average molecular weight is 248 g/mol. The van der Waals surface area contributed by atoms with Crippen LogP contribution in [-0.2, 0) is 11.3 Å². The van der Waals surface area contributed by atoms with Crippen molar-refractivity contribution in [1.29, 1.82) is 0 Å². The van der Waals surface area contributed by atoms with Crippen LogP contribution in [0.15, 0.2) is 29.6 Å². The van der Waals surface area contributed by atoms with Gasteiger partial charge in [-0.25, -0.2) is 0 Å². The van der Waals surface area contributed by atoms with Crippen LogP contribution in [0.2, 0.25) is 0 Å². The van der Waals surface area contributed by atoms with Crippen LogP contribution in [0.1, 0.15) is 12.6 Å². The molecule has 0 atom stereocenters. The highest BCUT2D eigenvalue weighted by Gasteiger charge is 1.99. The largest absolute Gasteiger partial charge is 0.379 e. The summed E-state index contributed by atoms with van der Waals surface area (Å²) in [6.07, 6.45) is 0. The fourth-order valence-electron chi connectivity index (χ4n) is 1.36. The van der Waals surface area contributed by atoms with Crippen molar-refractivity contribution in [2.24, 2.45) is 0 Å². The van der Waals surface area contributed by atoms with E-state index >= 15 is 0 Å². The first-order chi connectivity index (χ1) is 8.24. The number of benzene rings is 1. The third kappa shape index (κ3) is 3.53. The van der Waals surface area contributed by atoms with Crippen LogP contribution in [0.25, 0.3) is 0 Å². The maximum Gasteiger partial charge on any atom is 0.221 e. The smallest absolute Gasteiger partial charge is 0.221 e. The second kappa shape index (κ2) is 5.40. The van der Waals surface area contributed by atoms with Crippen molar-refractivity contribution in [1.82, 2.24) is 9.59 Å². The maximum absolute atomic E-state index is 10.9. The van der Waals surface area contributed by atoms with Crippen molar-refractivity contribution >= 4 is 28.8 Å². The Morgan fingerprint density at radius 1 is 1.41 bits per heavy atom. The molecule has 17 heavy (non-hydrogen) atoms. The van der Waals surface area contributed by atoms with Crippen LogP contribution in [-0.4, -0.2) is 15.5 Å². The van der Waals surface area contributed by atoms with E-state index in [1.807, 2.05) is 29.6 Å². The summed E-state index contributed by atoms with van der Waals surface area (Å²) in [5, 5.41) is 11.8. The van der Waals surface area contributed by atoms with E-state index in [1.54, 1.807) is 0 Å². The number of anilines is 2. The molecule has 5 nitrogen and oxygen atoms in total. The summed E-state index contributed by atoms with van der Waals surface area (Å²) in [6, 6.07) is 7.54. The number of nitrogens with zero attached hydrogens (tertiary/aromatic N) is 2. The lowest BCUT2D eigenvalue weighted by Gasteiger charge is -2.07. The lowest BCUT2D eigenvalue weighted by atomic mass is 10.2. The van der Waals surface area contributed by atoms with Crippen LogP contribution in [0.4, 0.5) is 11.4 Å². The summed E-state index contributed by atoms with van der Waals surface area (Å²) in [5.74, 6) is -0.0779. The standard InChI is InChI=1S/C11H12N4OS/c1-8(16)13-10-4-2-3-9(5-10)12-6-11-7-17-15-14-11/h2-5,7,12H,6H2,1H3,(H,13,16). The number of carbonyl (C=O) groups is 1. The molecule has 2 N–H and O–H groups in total. The highest BCUT2D eigenvalue weighted by molar-refractivity contribution is 7.03. The molecule has 2 aromatic rings. The van der Waals surface area contributed by atoms with Gasteiger partial charge in [0.15, 0.2) is 0 Å². The van der Waals surface area contributed by atoms with Gasteiger partial charge in [0, 0.05) is 23.7 Å². The molecule has 0 saturated carbocycles. The highest BCUT2D eigenvalue weighted by Crippen LogP contribution is 2.15. The third-order valence-corrected chi connectivity index (χ3v) is 2.62. The van der Waals surface area contributed by atoms with E-state index in [-0.39, 0.29) is 5.91 Å². The Labute approximate surface area is 103 Å². The number of rotatable bonds is 4. The zero-order valence-corrected chi connectivity index (χ0v) is 10.1. The van der Waals surface area contributed by atoms with E-state index in [1.165, 1.54) is 18.5 Å². The molecule has 0 bridgehead atoms. The first kappa shape index (κ1) is 11.5. The van der Waals surface area contributed by atoms with E-state index in [4.69, 9.17) is 0 Å². The fourth-order valence-corrected chi connectivity index (χ4v) is 1.82. The molecule has 1 aromatic heterocycles. The SMILES string of the molecule is CC(=O)Nc1cccc(NCc2csnn2)c1. The number of carbonyl (C=O) groups excluding carboxylic acids is 1. The fraction of sp³-hybridized carbons (Fsp3) is 0.182. The van der Waals surface area contributed by atoms with Gasteiger partial charge in [0.1, 0.15) is 0 Å². The molecule has 0 saturated heterocycles. The molecule has 0 unspecified atom stereocenters. The predicted molar refractivity (Wildman–Crippen MR) is 68.0 cm³/mol. The number of nitrogens with one attached hydrogen (secondary N) is 2. The molecule has 0 radical (unpaired) electrons. The van der Waals surface area contributed by atoms with Crippen molar-refractivity contribution < 1.29 is 4.79 Å². The molecular formula is C11H12N4OS. The van der Waals surface area contributed by atoms with Gasteiger partial charge < -0.3 is 10.6 Å². The van der Waals surface area contributed by atoms with E-state index in [2.05, 4.69) is 20.2 Å². The third-order valence-electron chi connectivity index (χ3n) is 2.06. The summed E-state index contributed by atoms with van der Waals surface area (Å²) in [6.45, 7) is 2.11. The van der Waals surface area contributed by atoms with Crippen LogP contribution in [0, 0.1) is 0 Å². The minimum Gasteiger partial charge on any atom is -0.379 e. The number of hydrogen-bond acceptors (Lipinski definition) is 5. The van der Waals surface area contributed by atoms with Crippen molar-refractivity contribution in [3.05, 3.63) is 35.3 Å². The van der Waals surface area contributed by atoms with Crippen LogP contribution in [0.5, 0.6) is 0 Å². The van der Waals surface area contributed by atoms with Gasteiger partial charge in [-0.3, -0.25) is 4.79 Å². The first-order valence-electron chi connectivity index (χ1n) is 5.11. The predicted octanol–water partition coefficient (Wildman–Crippen LogP) is 2.11. The van der Waals surface area contributed by atoms with E-state index < -0.39 is 0 Å². The van der Waals surface area contributed by atoms with Crippen LogP contribution in [0.3, 0.4) is 0 Å². The van der Waals surface area contributed by atoms with Gasteiger partial charge in [0.25, 0.3) is 0 Å². The van der Waals surface area contributed by atoms with E-state index in [0.717, 1.165) is 17.1 Å². The number of hydrogen-bond donors (Lipinski definition) is 2. The van der Waals surface area contributed by atoms with Crippen LogP contribution < -0.4 is 10.6 Å². The molecule has 0 fully saturated rings. The summed E-state index contributed by atoms with van der Waals surface area (Å²) in [5.41, 5.74) is 2.61. The normalized spacial score (nSPS) is 9.94. The second-order valence-electron chi connectivity index (χ2n) is 3.51. The van der Waals surface area contributed by atoms with Gasteiger partial charge in [0.05, 0.1) is 12.2 Å². The van der Waals surface area contributed by atoms with Gasteiger partial charge in [-0.05, 0) is 29.7 Å². The van der Waals surface area contributed by atoms with Crippen molar-refractivity contribution in [2.75, 3.05) is 10.6 Å². The average Bonchev–Trinajstić information content (AvgIpc) is 2.79. The van der Waals surface area contributed by atoms with Crippen molar-refractivity contribution in [2.45, 2.75) is 13.5 Å². The minimum atomic E-state index is -0.0779. The first-order valence-corrected chi connectivity index (χ1v) is 5.95. The molecule has 1 heterocycles. The Morgan fingerprint density at radius 3 is 2.94 bits per heavy atom. The van der Waals surface area contributed by atoms with E-state index in [9.17, 15) is 4.79 Å². The number of amides is 1. The zero-order valence-electron chi connectivity index (χ0n) is 9.30. The molecule has 2 rings (SSSR count). The molecule has 1 amide bonds. The van der Waals surface area contributed by atoms with Crippen LogP contribution >= 0.6 is 11.5 Å². The summed E-state index contributed by atoms with van der Waals surface area (Å²) >= 11 is 1.33. The monoisotopic (exact) mass is 248 g/mol. The van der Waals surface area contributed by atoms with Gasteiger partial charge in [0.2, 0.25) is 5.91 Å². The zero-order chi connectivity index (χ0) is 12.1. The topological polar surface area (TPSA) is 66.9 Å². The van der Waals surface area contributed by atoms with E-state index in [0.29, 0.717) is 6.54 Å². The lowest BCUT2D eigenvalue weighted by molar-refractivity contribution is -0.114. The summed E-state index contributed by atoms with van der Waals surface area (Å²) in [7, 11) is 0. The Hall–Kier alpha value is -1.95. The molecule has 0 aliphatic heterocycles. The Kier molecular flexibility index (Phi) is 3.66. The molecule has 0 spiro atoms. The molecule has 0 aliphatic rings. The van der Waals surface area contributed by atoms with Gasteiger partial charge in [-0.1, -0.05) is 10.6 Å². The van der Waals surface area contributed by atoms with Crippen molar-refractivity contribution in [3.8, 4) is 0 Å². The summed E-state index contributed by atoms with van der Waals surface area (Å²) in [4.78, 5) is 10.9.